The summed E-state index contributed by atoms with van der Waals surface area (Å²) in [6.07, 6.45) is 5.55. The number of rotatable bonds is 3. The molecule has 0 radical (unpaired) electrons. The van der Waals surface area contributed by atoms with Gasteiger partial charge < -0.3 is 9.64 Å². The molecule has 1 aromatic heterocycles. The number of methoxy groups -OCH3 is 1. The summed E-state index contributed by atoms with van der Waals surface area (Å²) in [5.74, 6) is 0.815. The van der Waals surface area contributed by atoms with E-state index in [1.165, 1.54) is 7.11 Å². The van der Waals surface area contributed by atoms with Crippen LogP contribution < -0.4 is 4.90 Å². The van der Waals surface area contributed by atoms with Crippen molar-refractivity contribution in [2.24, 2.45) is 11.3 Å². The molecule has 1 aliphatic rings. The van der Waals surface area contributed by atoms with E-state index in [1.54, 1.807) is 12.4 Å². The minimum atomic E-state index is -0.483. The van der Waals surface area contributed by atoms with Gasteiger partial charge in [-0.1, -0.05) is 0 Å². The maximum absolute atomic E-state index is 11.9. The van der Waals surface area contributed by atoms with E-state index in [0.29, 0.717) is 0 Å². The molecule has 0 spiro atoms. The number of ether oxygens (including phenoxy) is 1. The van der Waals surface area contributed by atoms with E-state index < -0.39 is 5.41 Å². The summed E-state index contributed by atoms with van der Waals surface area (Å²) >= 11 is 3.34. The molecule has 0 N–H and O–H groups in total. The fraction of sp³-hybridized carbons (Fsp3) is 0.643. The van der Waals surface area contributed by atoms with Crippen LogP contribution in [0.4, 0.5) is 5.95 Å². The predicted octanol–water partition coefficient (Wildman–Crippen LogP) is 2.65. The zero-order valence-corrected chi connectivity index (χ0v) is 13.7. The van der Waals surface area contributed by atoms with Crippen molar-refractivity contribution < 1.29 is 9.53 Å². The van der Waals surface area contributed by atoms with Crippen LogP contribution >= 0.6 is 15.9 Å². The molecule has 1 unspecified atom stereocenters. The Kier molecular flexibility index (Phi) is 4.62. The zero-order chi connectivity index (χ0) is 14.8. The van der Waals surface area contributed by atoms with Gasteiger partial charge in [-0.25, -0.2) is 9.97 Å². The van der Waals surface area contributed by atoms with Gasteiger partial charge in [0.05, 0.1) is 17.0 Å². The van der Waals surface area contributed by atoms with Gasteiger partial charge >= 0.3 is 5.97 Å². The highest BCUT2D eigenvalue weighted by atomic mass is 79.9. The van der Waals surface area contributed by atoms with E-state index >= 15 is 0 Å². The molecule has 20 heavy (non-hydrogen) atoms. The van der Waals surface area contributed by atoms with Crippen LogP contribution in [0.2, 0.25) is 0 Å². The van der Waals surface area contributed by atoms with Gasteiger partial charge in [0, 0.05) is 25.5 Å². The second-order valence-corrected chi connectivity index (χ2v) is 6.62. The van der Waals surface area contributed by atoms with Gasteiger partial charge in [0.1, 0.15) is 0 Å². The Morgan fingerprint density at radius 2 is 2.10 bits per heavy atom. The van der Waals surface area contributed by atoms with E-state index in [9.17, 15) is 4.79 Å². The summed E-state index contributed by atoms with van der Waals surface area (Å²) in [6.45, 7) is 5.62. The third kappa shape index (κ3) is 3.11. The lowest BCUT2D eigenvalue weighted by Crippen LogP contribution is -2.45. The standard InChI is InChI=1S/C14H20BrN3O2/c1-14(2,12(19)20-3)10-5-4-6-18(9-10)13-16-7-11(15)8-17-13/h7-8,10H,4-6,9H2,1-3H3. The molecule has 1 aliphatic heterocycles. The summed E-state index contributed by atoms with van der Waals surface area (Å²) in [5.41, 5.74) is -0.483. The van der Waals surface area contributed by atoms with Crippen LogP contribution in [0.5, 0.6) is 0 Å². The molecule has 0 aromatic carbocycles. The average molecular weight is 342 g/mol. The van der Waals surface area contributed by atoms with Gasteiger partial charge in [-0.3, -0.25) is 4.79 Å². The first kappa shape index (κ1) is 15.2. The van der Waals surface area contributed by atoms with Crippen molar-refractivity contribution >= 4 is 27.8 Å². The monoisotopic (exact) mass is 341 g/mol. The van der Waals surface area contributed by atoms with E-state index in [2.05, 4.69) is 30.8 Å². The molecule has 2 rings (SSSR count). The Labute approximate surface area is 127 Å². The lowest BCUT2D eigenvalue weighted by atomic mass is 9.74. The fourth-order valence-corrected chi connectivity index (χ4v) is 2.85. The van der Waals surface area contributed by atoms with E-state index in [1.807, 2.05) is 13.8 Å². The van der Waals surface area contributed by atoms with Crippen molar-refractivity contribution in [3.63, 3.8) is 0 Å². The van der Waals surface area contributed by atoms with Gasteiger partial charge in [-0.05, 0) is 48.5 Å². The van der Waals surface area contributed by atoms with E-state index in [0.717, 1.165) is 36.4 Å². The Hall–Kier alpha value is -1.17. The summed E-state index contributed by atoms with van der Waals surface area (Å²) < 4.78 is 5.80. The van der Waals surface area contributed by atoms with Crippen LogP contribution in [0.1, 0.15) is 26.7 Å². The smallest absolute Gasteiger partial charge is 0.311 e. The quantitative estimate of drug-likeness (QED) is 0.791. The molecule has 1 saturated heterocycles. The molecule has 2 heterocycles. The lowest BCUT2D eigenvalue weighted by molar-refractivity contribution is -0.154. The topological polar surface area (TPSA) is 55.3 Å². The second-order valence-electron chi connectivity index (χ2n) is 5.70. The highest BCUT2D eigenvalue weighted by Gasteiger charge is 2.40. The fourth-order valence-electron chi connectivity index (χ4n) is 2.65. The average Bonchev–Trinajstić information content (AvgIpc) is 2.47. The minimum Gasteiger partial charge on any atom is -0.469 e. The van der Waals surface area contributed by atoms with Crippen LogP contribution in [0.15, 0.2) is 16.9 Å². The molecule has 0 aliphatic carbocycles. The molecule has 6 heteroatoms. The lowest BCUT2D eigenvalue weighted by Gasteiger charge is -2.39. The summed E-state index contributed by atoms with van der Waals surface area (Å²) in [5, 5.41) is 0. The zero-order valence-electron chi connectivity index (χ0n) is 12.1. The maximum atomic E-state index is 11.9. The van der Waals surface area contributed by atoms with Crippen molar-refractivity contribution in [3.8, 4) is 0 Å². The second kappa shape index (κ2) is 6.08. The highest BCUT2D eigenvalue weighted by molar-refractivity contribution is 9.10. The number of nitrogens with zero attached hydrogens (tertiary/aromatic N) is 3. The first-order valence-electron chi connectivity index (χ1n) is 6.76. The van der Waals surface area contributed by atoms with Crippen LogP contribution in [-0.4, -0.2) is 36.1 Å². The predicted molar refractivity (Wildman–Crippen MR) is 80.5 cm³/mol. The minimum absolute atomic E-state index is 0.152. The molecule has 0 bridgehead atoms. The van der Waals surface area contributed by atoms with Gasteiger partial charge in [0.2, 0.25) is 5.95 Å². The number of carbonyl (C=O) groups excluding carboxylic acids is 1. The molecule has 0 saturated carbocycles. The van der Waals surface area contributed by atoms with Crippen molar-refractivity contribution in [3.05, 3.63) is 16.9 Å². The number of esters is 1. The van der Waals surface area contributed by atoms with Gasteiger partial charge in [0.15, 0.2) is 0 Å². The Bertz CT molecular complexity index is 476. The maximum Gasteiger partial charge on any atom is 0.311 e. The summed E-state index contributed by atoms with van der Waals surface area (Å²) in [6, 6.07) is 0. The highest BCUT2D eigenvalue weighted by Crippen LogP contribution is 2.35. The van der Waals surface area contributed by atoms with Crippen LogP contribution in [0.25, 0.3) is 0 Å². The van der Waals surface area contributed by atoms with Crippen molar-refractivity contribution in [1.82, 2.24) is 9.97 Å². The Morgan fingerprint density at radius 3 is 2.70 bits per heavy atom. The number of carbonyl (C=O) groups is 1. The van der Waals surface area contributed by atoms with Gasteiger partial charge in [-0.2, -0.15) is 0 Å². The number of halogens is 1. The molecule has 110 valence electrons. The third-order valence-electron chi connectivity index (χ3n) is 4.04. The van der Waals surface area contributed by atoms with Crippen molar-refractivity contribution in [2.75, 3.05) is 25.1 Å². The Morgan fingerprint density at radius 1 is 1.45 bits per heavy atom. The Balaban J connectivity index is 2.12. The van der Waals surface area contributed by atoms with E-state index in [4.69, 9.17) is 4.74 Å². The first-order valence-corrected chi connectivity index (χ1v) is 7.55. The number of anilines is 1. The largest absolute Gasteiger partial charge is 0.469 e. The van der Waals surface area contributed by atoms with Crippen LogP contribution in [0, 0.1) is 11.3 Å². The summed E-state index contributed by atoms with van der Waals surface area (Å²) in [7, 11) is 1.45. The number of aromatic nitrogens is 2. The number of hydrogen-bond acceptors (Lipinski definition) is 5. The molecular formula is C14H20BrN3O2. The van der Waals surface area contributed by atoms with Gasteiger partial charge in [0.25, 0.3) is 0 Å². The van der Waals surface area contributed by atoms with E-state index in [-0.39, 0.29) is 11.9 Å². The number of hydrogen-bond donors (Lipinski definition) is 0. The normalized spacial score (nSPS) is 19.8. The number of piperidine rings is 1. The summed E-state index contributed by atoms with van der Waals surface area (Å²) in [4.78, 5) is 22.8. The molecule has 0 amide bonds. The molecule has 5 nitrogen and oxygen atoms in total. The molecular weight excluding hydrogens is 322 g/mol. The van der Waals surface area contributed by atoms with Crippen molar-refractivity contribution in [1.29, 1.82) is 0 Å². The first-order chi connectivity index (χ1) is 9.45. The third-order valence-corrected chi connectivity index (χ3v) is 4.45. The van der Waals surface area contributed by atoms with Crippen LogP contribution in [-0.2, 0) is 9.53 Å². The molecule has 1 aromatic rings. The SMILES string of the molecule is COC(=O)C(C)(C)C1CCCN(c2ncc(Br)cn2)C1. The molecule has 1 atom stereocenters. The van der Waals surface area contributed by atoms with Crippen molar-refractivity contribution in [2.45, 2.75) is 26.7 Å². The van der Waals surface area contributed by atoms with Crippen LogP contribution in [0.3, 0.4) is 0 Å². The molecule has 1 fully saturated rings. The van der Waals surface area contributed by atoms with Gasteiger partial charge in [-0.15, -0.1) is 0 Å².